The molecule has 1 fully saturated rings. The zero-order chi connectivity index (χ0) is 19.5. The standard InChI is InChI=1S/C21H24ClN3O3/c1-24-7-9-25(10-8-24)18-6-3-2-5-17(18)23-21(26)15-13-16(22)20-19(14-15)27-11-4-12-28-20/h2-3,5-6,13-14H,4,7-12H2,1H3,(H,23,26). The fraction of sp³-hybridized carbons (Fsp3) is 0.381. The molecule has 2 aliphatic rings. The van der Waals surface area contributed by atoms with E-state index in [1.54, 1.807) is 12.1 Å². The molecule has 28 heavy (non-hydrogen) atoms. The van der Waals surface area contributed by atoms with Gasteiger partial charge in [0.1, 0.15) is 0 Å². The first-order valence-electron chi connectivity index (χ1n) is 9.55. The van der Waals surface area contributed by atoms with Crippen molar-refractivity contribution in [2.24, 2.45) is 0 Å². The number of likely N-dealkylation sites (N-methyl/N-ethyl adjacent to an activating group) is 1. The first-order valence-corrected chi connectivity index (χ1v) is 9.92. The van der Waals surface area contributed by atoms with Crippen LogP contribution in [0.15, 0.2) is 36.4 Å². The Balaban J connectivity index is 1.56. The maximum atomic E-state index is 12.9. The third kappa shape index (κ3) is 4.03. The van der Waals surface area contributed by atoms with Crippen LogP contribution in [0.4, 0.5) is 11.4 Å². The summed E-state index contributed by atoms with van der Waals surface area (Å²) in [7, 11) is 2.12. The van der Waals surface area contributed by atoms with Crippen molar-refractivity contribution in [1.82, 2.24) is 4.90 Å². The summed E-state index contributed by atoms with van der Waals surface area (Å²) in [5.74, 6) is 0.801. The number of nitrogens with zero attached hydrogens (tertiary/aromatic N) is 2. The molecule has 0 aliphatic carbocycles. The number of amides is 1. The van der Waals surface area contributed by atoms with Crippen molar-refractivity contribution in [3.63, 3.8) is 0 Å². The Hall–Kier alpha value is -2.44. The van der Waals surface area contributed by atoms with E-state index in [0.29, 0.717) is 35.3 Å². The summed E-state index contributed by atoms with van der Waals surface area (Å²) in [5, 5.41) is 3.42. The molecule has 1 N–H and O–H groups in total. The van der Waals surface area contributed by atoms with Gasteiger partial charge in [-0.2, -0.15) is 0 Å². The Morgan fingerprint density at radius 3 is 2.64 bits per heavy atom. The van der Waals surface area contributed by atoms with Gasteiger partial charge in [-0.15, -0.1) is 0 Å². The topological polar surface area (TPSA) is 54.0 Å². The molecular weight excluding hydrogens is 378 g/mol. The molecule has 1 saturated heterocycles. The molecule has 0 aromatic heterocycles. The van der Waals surface area contributed by atoms with Crippen molar-refractivity contribution in [2.45, 2.75) is 6.42 Å². The lowest BCUT2D eigenvalue weighted by molar-refractivity contribution is 0.102. The lowest BCUT2D eigenvalue weighted by Crippen LogP contribution is -2.44. The number of fused-ring (bicyclic) bond motifs is 1. The van der Waals surface area contributed by atoms with Crippen molar-refractivity contribution in [3.8, 4) is 11.5 Å². The van der Waals surface area contributed by atoms with E-state index in [9.17, 15) is 4.79 Å². The largest absolute Gasteiger partial charge is 0.489 e. The second kappa shape index (κ2) is 8.29. The smallest absolute Gasteiger partial charge is 0.255 e. The first-order chi connectivity index (χ1) is 13.6. The first kappa shape index (κ1) is 18.9. The number of carbonyl (C=O) groups is 1. The van der Waals surface area contributed by atoms with Crippen LogP contribution in [0.1, 0.15) is 16.8 Å². The molecule has 0 saturated carbocycles. The quantitative estimate of drug-likeness (QED) is 0.853. The number of ether oxygens (including phenoxy) is 2. The van der Waals surface area contributed by atoms with Crippen LogP contribution in [0.2, 0.25) is 5.02 Å². The number of anilines is 2. The molecule has 0 bridgehead atoms. The van der Waals surface area contributed by atoms with Crippen LogP contribution in [0.3, 0.4) is 0 Å². The Kier molecular flexibility index (Phi) is 5.59. The van der Waals surface area contributed by atoms with Gasteiger partial charge in [0.05, 0.1) is 29.6 Å². The lowest BCUT2D eigenvalue weighted by atomic mass is 10.1. The molecule has 4 rings (SSSR count). The molecule has 2 aromatic carbocycles. The Morgan fingerprint density at radius 1 is 1.07 bits per heavy atom. The highest BCUT2D eigenvalue weighted by molar-refractivity contribution is 6.32. The highest BCUT2D eigenvalue weighted by Gasteiger charge is 2.21. The van der Waals surface area contributed by atoms with Gasteiger partial charge in [-0.1, -0.05) is 23.7 Å². The van der Waals surface area contributed by atoms with Gasteiger partial charge in [0.15, 0.2) is 11.5 Å². The van der Waals surface area contributed by atoms with E-state index in [0.717, 1.165) is 44.0 Å². The van der Waals surface area contributed by atoms with Gasteiger partial charge in [-0.25, -0.2) is 0 Å². The normalized spacial score (nSPS) is 17.1. The number of hydrogen-bond donors (Lipinski definition) is 1. The minimum atomic E-state index is -0.223. The number of benzene rings is 2. The SMILES string of the molecule is CN1CCN(c2ccccc2NC(=O)c2cc(Cl)c3c(c2)OCCCO3)CC1. The van der Waals surface area contributed by atoms with E-state index in [1.807, 2.05) is 24.3 Å². The highest BCUT2D eigenvalue weighted by atomic mass is 35.5. The van der Waals surface area contributed by atoms with E-state index in [4.69, 9.17) is 21.1 Å². The van der Waals surface area contributed by atoms with Crippen LogP contribution in [0.25, 0.3) is 0 Å². The number of hydrogen-bond acceptors (Lipinski definition) is 5. The number of nitrogens with one attached hydrogen (secondary N) is 1. The van der Waals surface area contributed by atoms with E-state index in [-0.39, 0.29) is 5.91 Å². The summed E-state index contributed by atoms with van der Waals surface area (Å²) in [4.78, 5) is 17.5. The zero-order valence-corrected chi connectivity index (χ0v) is 16.7. The minimum Gasteiger partial charge on any atom is -0.489 e. The fourth-order valence-electron chi connectivity index (χ4n) is 3.46. The number of piperazine rings is 1. The summed E-state index contributed by atoms with van der Waals surface area (Å²) in [6, 6.07) is 11.2. The average molecular weight is 402 g/mol. The van der Waals surface area contributed by atoms with Crippen molar-refractivity contribution < 1.29 is 14.3 Å². The molecule has 0 atom stereocenters. The van der Waals surface area contributed by atoms with E-state index >= 15 is 0 Å². The van der Waals surface area contributed by atoms with Crippen LogP contribution in [0.5, 0.6) is 11.5 Å². The maximum Gasteiger partial charge on any atom is 0.255 e. The Labute approximate surface area is 170 Å². The van der Waals surface area contributed by atoms with Gasteiger partial charge in [0.25, 0.3) is 5.91 Å². The van der Waals surface area contributed by atoms with Crippen molar-refractivity contribution >= 4 is 28.9 Å². The Morgan fingerprint density at radius 2 is 1.82 bits per heavy atom. The van der Waals surface area contributed by atoms with Crippen LogP contribution >= 0.6 is 11.6 Å². The molecule has 2 aromatic rings. The number of carbonyl (C=O) groups excluding carboxylic acids is 1. The van der Waals surface area contributed by atoms with Gasteiger partial charge >= 0.3 is 0 Å². The number of rotatable bonds is 3. The number of para-hydroxylation sites is 2. The molecule has 6 nitrogen and oxygen atoms in total. The summed E-state index contributed by atoms with van der Waals surface area (Å²) >= 11 is 6.34. The monoisotopic (exact) mass is 401 g/mol. The van der Waals surface area contributed by atoms with Gasteiger partial charge < -0.3 is 24.6 Å². The lowest BCUT2D eigenvalue weighted by Gasteiger charge is -2.35. The van der Waals surface area contributed by atoms with Crippen LogP contribution < -0.4 is 19.7 Å². The highest BCUT2D eigenvalue weighted by Crippen LogP contribution is 2.38. The second-order valence-electron chi connectivity index (χ2n) is 7.10. The van der Waals surface area contributed by atoms with E-state index in [1.165, 1.54) is 0 Å². The minimum absolute atomic E-state index is 0.223. The van der Waals surface area contributed by atoms with Crippen LogP contribution in [0, 0.1) is 0 Å². The van der Waals surface area contributed by atoms with E-state index in [2.05, 4.69) is 22.2 Å². The van der Waals surface area contributed by atoms with Crippen LogP contribution in [-0.4, -0.2) is 57.2 Å². The summed E-state index contributed by atoms with van der Waals surface area (Å²) in [5.41, 5.74) is 2.27. The maximum absolute atomic E-state index is 12.9. The molecule has 0 radical (unpaired) electrons. The van der Waals surface area contributed by atoms with Gasteiger partial charge in [0, 0.05) is 38.2 Å². The molecular formula is C21H24ClN3O3. The zero-order valence-electron chi connectivity index (χ0n) is 15.9. The molecule has 2 aliphatic heterocycles. The van der Waals surface area contributed by atoms with Crippen molar-refractivity contribution in [2.75, 3.05) is 56.7 Å². The molecule has 0 unspecified atom stereocenters. The second-order valence-corrected chi connectivity index (χ2v) is 7.50. The predicted molar refractivity (Wildman–Crippen MR) is 111 cm³/mol. The van der Waals surface area contributed by atoms with Gasteiger partial charge in [-0.3, -0.25) is 4.79 Å². The van der Waals surface area contributed by atoms with Gasteiger partial charge in [0.2, 0.25) is 0 Å². The average Bonchev–Trinajstić information content (AvgIpc) is 2.95. The predicted octanol–water partition coefficient (Wildman–Crippen LogP) is 3.51. The summed E-state index contributed by atoms with van der Waals surface area (Å²) in [6.07, 6.45) is 0.783. The summed E-state index contributed by atoms with van der Waals surface area (Å²) in [6.45, 7) is 4.95. The molecule has 148 valence electrons. The van der Waals surface area contributed by atoms with E-state index < -0.39 is 0 Å². The molecule has 1 amide bonds. The Bertz CT molecular complexity index is 866. The fourth-order valence-corrected chi connectivity index (χ4v) is 3.72. The van der Waals surface area contributed by atoms with Gasteiger partial charge in [-0.05, 0) is 31.3 Å². The molecule has 2 heterocycles. The van der Waals surface area contributed by atoms with Crippen molar-refractivity contribution in [1.29, 1.82) is 0 Å². The number of halogens is 1. The third-order valence-corrected chi connectivity index (χ3v) is 5.34. The van der Waals surface area contributed by atoms with Crippen molar-refractivity contribution in [3.05, 3.63) is 47.0 Å². The molecule has 0 spiro atoms. The summed E-state index contributed by atoms with van der Waals surface area (Å²) < 4.78 is 11.3. The molecule has 7 heteroatoms. The van der Waals surface area contributed by atoms with Crippen LogP contribution in [-0.2, 0) is 0 Å². The third-order valence-electron chi connectivity index (χ3n) is 5.06.